The second-order valence-corrected chi connectivity index (χ2v) is 6.83. The predicted octanol–water partition coefficient (Wildman–Crippen LogP) is 2.96. The van der Waals surface area contributed by atoms with Crippen molar-refractivity contribution in [3.63, 3.8) is 0 Å². The summed E-state index contributed by atoms with van der Waals surface area (Å²) in [6.07, 6.45) is 0.447. The molecule has 0 aliphatic carbocycles. The number of hydrogen-bond acceptors (Lipinski definition) is 5. The Bertz CT molecular complexity index is 944. The second kappa shape index (κ2) is 7.61. The molecule has 6 nitrogen and oxygen atoms in total. The molecule has 2 aromatic carbocycles. The fourth-order valence-electron chi connectivity index (χ4n) is 3.39. The summed E-state index contributed by atoms with van der Waals surface area (Å²) < 4.78 is 0. The van der Waals surface area contributed by atoms with E-state index < -0.39 is 0 Å². The van der Waals surface area contributed by atoms with Crippen molar-refractivity contribution < 1.29 is 4.79 Å². The van der Waals surface area contributed by atoms with Crippen molar-refractivity contribution in [2.45, 2.75) is 25.9 Å². The van der Waals surface area contributed by atoms with Crippen molar-refractivity contribution >= 4 is 28.6 Å². The molecule has 0 saturated carbocycles. The third kappa shape index (κ3) is 3.84. The van der Waals surface area contributed by atoms with Gasteiger partial charge in [0.2, 0.25) is 11.9 Å². The van der Waals surface area contributed by atoms with Crippen LogP contribution < -0.4 is 15.5 Å². The molecule has 1 fully saturated rings. The quantitative estimate of drug-likeness (QED) is 0.748. The van der Waals surface area contributed by atoms with Gasteiger partial charge in [0, 0.05) is 37.5 Å². The van der Waals surface area contributed by atoms with E-state index in [2.05, 4.69) is 27.7 Å². The molecule has 3 aromatic rings. The molecule has 1 amide bonds. The summed E-state index contributed by atoms with van der Waals surface area (Å²) in [7, 11) is 0. The SMILES string of the molecule is CC1CC(=O)NCCN1c1nc(NCc2ccccc2)c2ccccc2n1. The number of fused-ring (bicyclic) bond motifs is 1. The van der Waals surface area contributed by atoms with Gasteiger partial charge in [-0.15, -0.1) is 0 Å². The van der Waals surface area contributed by atoms with Crippen LogP contribution in [0.1, 0.15) is 18.9 Å². The van der Waals surface area contributed by atoms with E-state index in [9.17, 15) is 4.79 Å². The molecule has 0 bridgehead atoms. The number of hydrogen-bond donors (Lipinski definition) is 2. The second-order valence-electron chi connectivity index (χ2n) is 6.83. The molecule has 2 heterocycles. The highest BCUT2D eigenvalue weighted by molar-refractivity contribution is 5.90. The number of carbonyl (C=O) groups excluding carboxylic acids is 1. The highest BCUT2D eigenvalue weighted by Gasteiger charge is 2.24. The molecule has 2 N–H and O–H groups in total. The van der Waals surface area contributed by atoms with Crippen LogP contribution in [0.4, 0.5) is 11.8 Å². The fraction of sp³-hybridized carbons (Fsp3) is 0.286. The molecule has 1 unspecified atom stereocenters. The molecule has 1 aromatic heterocycles. The summed E-state index contributed by atoms with van der Waals surface area (Å²) >= 11 is 0. The third-order valence-corrected chi connectivity index (χ3v) is 4.84. The molecule has 1 saturated heterocycles. The zero-order chi connectivity index (χ0) is 18.6. The lowest BCUT2D eigenvalue weighted by atomic mass is 10.2. The van der Waals surface area contributed by atoms with Crippen molar-refractivity contribution in [2.24, 2.45) is 0 Å². The molecule has 0 radical (unpaired) electrons. The highest BCUT2D eigenvalue weighted by atomic mass is 16.1. The Kier molecular flexibility index (Phi) is 4.87. The Balaban J connectivity index is 1.68. The topological polar surface area (TPSA) is 70.2 Å². The summed E-state index contributed by atoms with van der Waals surface area (Å²) in [5.74, 6) is 1.55. The number of carbonyl (C=O) groups is 1. The van der Waals surface area contributed by atoms with Gasteiger partial charge in [0.05, 0.1) is 5.52 Å². The molecule has 1 atom stereocenters. The third-order valence-electron chi connectivity index (χ3n) is 4.84. The molecule has 1 aliphatic rings. The monoisotopic (exact) mass is 361 g/mol. The Hall–Kier alpha value is -3.15. The number of benzene rings is 2. The molecule has 0 spiro atoms. The first-order chi connectivity index (χ1) is 13.2. The van der Waals surface area contributed by atoms with Crippen LogP contribution in [0.3, 0.4) is 0 Å². The number of para-hydroxylation sites is 1. The van der Waals surface area contributed by atoms with E-state index in [0.717, 1.165) is 16.7 Å². The molecular formula is C21H23N5O. The van der Waals surface area contributed by atoms with E-state index in [0.29, 0.717) is 32.0 Å². The van der Waals surface area contributed by atoms with Gasteiger partial charge in [-0.3, -0.25) is 4.79 Å². The number of rotatable bonds is 4. The Morgan fingerprint density at radius 2 is 1.89 bits per heavy atom. The van der Waals surface area contributed by atoms with Gasteiger partial charge in [0.15, 0.2) is 0 Å². The van der Waals surface area contributed by atoms with Gasteiger partial charge in [-0.05, 0) is 24.6 Å². The first kappa shape index (κ1) is 17.3. The van der Waals surface area contributed by atoms with E-state index >= 15 is 0 Å². The maximum atomic E-state index is 11.8. The minimum Gasteiger partial charge on any atom is -0.365 e. The molecule has 27 heavy (non-hydrogen) atoms. The lowest BCUT2D eigenvalue weighted by Crippen LogP contribution is -2.35. The maximum absolute atomic E-state index is 11.8. The lowest BCUT2D eigenvalue weighted by Gasteiger charge is -2.27. The van der Waals surface area contributed by atoms with Gasteiger partial charge < -0.3 is 15.5 Å². The predicted molar refractivity (Wildman–Crippen MR) is 108 cm³/mol. The average Bonchev–Trinajstić information content (AvgIpc) is 2.86. The van der Waals surface area contributed by atoms with Gasteiger partial charge in [-0.1, -0.05) is 42.5 Å². The minimum atomic E-state index is 0.0515. The van der Waals surface area contributed by atoms with Crippen LogP contribution in [0.5, 0.6) is 0 Å². The molecule has 6 heteroatoms. The fourth-order valence-corrected chi connectivity index (χ4v) is 3.39. The maximum Gasteiger partial charge on any atom is 0.228 e. The first-order valence-corrected chi connectivity index (χ1v) is 9.28. The largest absolute Gasteiger partial charge is 0.365 e. The van der Waals surface area contributed by atoms with E-state index in [1.807, 2.05) is 49.4 Å². The Morgan fingerprint density at radius 3 is 2.74 bits per heavy atom. The van der Waals surface area contributed by atoms with Crippen molar-refractivity contribution in [1.82, 2.24) is 15.3 Å². The van der Waals surface area contributed by atoms with Crippen LogP contribution >= 0.6 is 0 Å². The Labute approximate surface area is 158 Å². The van der Waals surface area contributed by atoms with Crippen LogP contribution in [-0.2, 0) is 11.3 Å². The Morgan fingerprint density at radius 1 is 1.11 bits per heavy atom. The molecule has 4 rings (SSSR count). The van der Waals surface area contributed by atoms with Gasteiger partial charge >= 0.3 is 0 Å². The van der Waals surface area contributed by atoms with Crippen molar-refractivity contribution in [1.29, 1.82) is 0 Å². The van der Waals surface area contributed by atoms with Crippen LogP contribution in [0.2, 0.25) is 0 Å². The average molecular weight is 361 g/mol. The van der Waals surface area contributed by atoms with Gasteiger partial charge in [-0.2, -0.15) is 4.98 Å². The standard InChI is InChI=1S/C21H23N5O/c1-15-13-19(27)22-11-12-26(15)21-24-18-10-6-5-9-17(18)20(25-21)23-14-16-7-3-2-4-8-16/h2-10,15H,11-14H2,1H3,(H,22,27)(H,23,24,25). The van der Waals surface area contributed by atoms with E-state index in [4.69, 9.17) is 9.97 Å². The van der Waals surface area contributed by atoms with Crippen LogP contribution in [0, 0.1) is 0 Å². The van der Waals surface area contributed by atoms with Gasteiger partial charge in [-0.25, -0.2) is 4.98 Å². The van der Waals surface area contributed by atoms with Crippen LogP contribution in [0.25, 0.3) is 10.9 Å². The normalized spacial score (nSPS) is 17.4. The number of amides is 1. The van der Waals surface area contributed by atoms with Crippen LogP contribution in [-0.4, -0.2) is 35.0 Å². The molecule has 1 aliphatic heterocycles. The smallest absolute Gasteiger partial charge is 0.228 e. The number of nitrogens with one attached hydrogen (secondary N) is 2. The summed E-state index contributed by atoms with van der Waals surface area (Å²) in [6, 6.07) is 18.3. The molecular weight excluding hydrogens is 338 g/mol. The highest BCUT2D eigenvalue weighted by Crippen LogP contribution is 2.25. The summed E-state index contributed by atoms with van der Waals surface area (Å²) in [5.41, 5.74) is 2.09. The van der Waals surface area contributed by atoms with Crippen molar-refractivity contribution in [3.8, 4) is 0 Å². The number of anilines is 2. The zero-order valence-electron chi connectivity index (χ0n) is 15.4. The summed E-state index contributed by atoms with van der Waals surface area (Å²) in [4.78, 5) is 23.5. The van der Waals surface area contributed by atoms with Crippen LogP contribution in [0.15, 0.2) is 54.6 Å². The van der Waals surface area contributed by atoms with E-state index in [1.165, 1.54) is 5.56 Å². The number of nitrogens with zero attached hydrogens (tertiary/aromatic N) is 3. The summed E-state index contributed by atoms with van der Waals surface area (Å²) in [6.45, 7) is 4.03. The number of aromatic nitrogens is 2. The van der Waals surface area contributed by atoms with Crippen molar-refractivity contribution in [2.75, 3.05) is 23.3 Å². The lowest BCUT2D eigenvalue weighted by molar-refractivity contribution is -0.120. The zero-order valence-corrected chi connectivity index (χ0v) is 15.4. The van der Waals surface area contributed by atoms with E-state index in [-0.39, 0.29) is 11.9 Å². The van der Waals surface area contributed by atoms with Gasteiger partial charge in [0.25, 0.3) is 0 Å². The first-order valence-electron chi connectivity index (χ1n) is 9.28. The van der Waals surface area contributed by atoms with Gasteiger partial charge in [0.1, 0.15) is 5.82 Å². The van der Waals surface area contributed by atoms with Crippen molar-refractivity contribution in [3.05, 3.63) is 60.2 Å². The minimum absolute atomic E-state index is 0.0515. The molecule has 138 valence electrons. The van der Waals surface area contributed by atoms with E-state index in [1.54, 1.807) is 0 Å². The summed E-state index contributed by atoms with van der Waals surface area (Å²) in [5, 5.41) is 7.38.